The number of hydrogen-bond acceptors (Lipinski definition) is 7. The van der Waals surface area contributed by atoms with Crippen LogP contribution in [0.15, 0.2) is 83.3 Å². The lowest BCUT2D eigenvalue weighted by molar-refractivity contribution is -0.128. The van der Waals surface area contributed by atoms with Crippen molar-refractivity contribution < 1.29 is 14.3 Å². The van der Waals surface area contributed by atoms with Crippen LogP contribution in [0, 0.1) is 16.7 Å². The summed E-state index contributed by atoms with van der Waals surface area (Å²) in [5, 5.41) is 10.0. The number of imidazole rings is 1. The molecule has 2 aromatic carbocycles. The normalized spacial score (nSPS) is 18.6. The van der Waals surface area contributed by atoms with Crippen molar-refractivity contribution in [3.63, 3.8) is 0 Å². The number of anilines is 1. The molecule has 0 radical (unpaired) electrons. The van der Waals surface area contributed by atoms with Gasteiger partial charge in [-0.25, -0.2) is 9.78 Å². The van der Waals surface area contributed by atoms with Crippen LogP contribution in [0.3, 0.4) is 0 Å². The van der Waals surface area contributed by atoms with Crippen molar-refractivity contribution in [3.8, 4) is 23.3 Å². The number of carbonyl (C=O) groups is 1. The molecule has 2 aromatic heterocycles. The first-order valence-corrected chi connectivity index (χ1v) is 15.1. The quantitative estimate of drug-likeness (QED) is 0.225. The number of benzene rings is 2. The maximum atomic E-state index is 14.2. The van der Waals surface area contributed by atoms with Gasteiger partial charge in [0.25, 0.3) is 5.91 Å². The summed E-state index contributed by atoms with van der Waals surface area (Å²) in [6.45, 7) is 4.17. The standard InChI is InChI=1S/C34H36N6O4/c1-2-34(15-19-43-20-16-34)21-24(22-35)32(41)38-18-6-7-26(23-38)39-29-14-17-37-31(36)30(29)40(33(39)42)25-10-12-28(13-11-25)44-27-8-4-3-5-9-27/h3-5,8-14,17,21,26H,2,6-7,15-16,18-20,23H2,1H3,(H2,36,37)/b24-21+/t26-/m1/s1. The van der Waals surface area contributed by atoms with Crippen LogP contribution in [0.2, 0.25) is 0 Å². The molecule has 10 nitrogen and oxygen atoms in total. The van der Waals surface area contributed by atoms with E-state index in [9.17, 15) is 14.9 Å². The van der Waals surface area contributed by atoms with Crippen LogP contribution in [-0.4, -0.2) is 51.2 Å². The van der Waals surface area contributed by atoms with Gasteiger partial charge in [0.2, 0.25) is 0 Å². The maximum Gasteiger partial charge on any atom is 0.334 e. The number of piperidine rings is 1. The lowest BCUT2D eigenvalue weighted by Gasteiger charge is -2.35. The van der Waals surface area contributed by atoms with Gasteiger partial charge in [0.15, 0.2) is 0 Å². The maximum absolute atomic E-state index is 14.2. The minimum atomic E-state index is -0.297. The van der Waals surface area contributed by atoms with E-state index in [4.69, 9.17) is 15.2 Å². The Hall–Kier alpha value is -4.88. The summed E-state index contributed by atoms with van der Waals surface area (Å²) in [6.07, 6.45) is 7.28. The van der Waals surface area contributed by atoms with Gasteiger partial charge in [-0.1, -0.05) is 31.2 Å². The molecular formula is C34H36N6O4. The highest BCUT2D eigenvalue weighted by Gasteiger charge is 2.34. The second kappa shape index (κ2) is 12.4. The molecule has 0 bridgehead atoms. The van der Waals surface area contributed by atoms with Crippen LogP contribution < -0.4 is 16.2 Å². The molecule has 2 aliphatic rings. The highest BCUT2D eigenvalue weighted by atomic mass is 16.5. The third-order valence-electron chi connectivity index (χ3n) is 8.93. The lowest BCUT2D eigenvalue weighted by atomic mass is 9.76. The van der Waals surface area contributed by atoms with E-state index in [1.165, 1.54) is 0 Å². The van der Waals surface area contributed by atoms with Gasteiger partial charge in [0, 0.05) is 32.5 Å². The average molecular weight is 593 g/mol. The molecule has 2 aliphatic heterocycles. The van der Waals surface area contributed by atoms with Gasteiger partial charge in [-0.3, -0.25) is 13.9 Å². The largest absolute Gasteiger partial charge is 0.457 e. The zero-order valence-electron chi connectivity index (χ0n) is 24.8. The number of rotatable bonds is 7. The van der Waals surface area contributed by atoms with E-state index in [0.717, 1.165) is 19.3 Å². The zero-order valence-corrected chi connectivity index (χ0v) is 24.8. The third kappa shape index (κ3) is 5.58. The van der Waals surface area contributed by atoms with Crippen molar-refractivity contribution >= 4 is 22.8 Å². The third-order valence-corrected chi connectivity index (χ3v) is 8.93. The molecule has 2 N–H and O–H groups in total. The fourth-order valence-corrected chi connectivity index (χ4v) is 6.42. The van der Waals surface area contributed by atoms with Crippen molar-refractivity contribution in [2.75, 3.05) is 32.0 Å². The lowest BCUT2D eigenvalue weighted by Crippen LogP contribution is -2.43. The zero-order chi connectivity index (χ0) is 30.7. The minimum Gasteiger partial charge on any atom is -0.457 e. The number of hydrogen-bond donors (Lipinski definition) is 1. The molecule has 4 heterocycles. The van der Waals surface area contributed by atoms with Crippen molar-refractivity contribution in [1.29, 1.82) is 5.26 Å². The first-order valence-electron chi connectivity index (χ1n) is 15.1. The van der Waals surface area contributed by atoms with E-state index in [1.807, 2.05) is 60.7 Å². The summed E-state index contributed by atoms with van der Waals surface area (Å²) >= 11 is 0. The van der Waals surface area contributed by atoms with E-state index in [0.29, 0.717) is 67.4 Å². The van der Waals surface area contributed by atoms with Gasteiger partial charge in [0.05, 0.1) is 17.2 Å². The SMILES string of the molecule is CCC1(/C=C(\C#N)C(=O)N2CCC[C@@H](n3c(=O)n(-c4ccc(Oc5ccccc5)cc4)c4c(N)nccc43)C2)CCOCC1. The number of allylic oxidation sites excluding steroid dienone is 1. The Morgan fingerprint density at radius 2 is 1.86 bits per heavy atom. The molecule has 0 unspecified atom stereocenters. The van der Waals surface area contributed by atoms with Crippen molar-refractivity contribution in [1.82, 2.24) is 19.0 Å². The monoisotopic (exact) mass is 592 g/mol. The molecule has 1 amide bonds. The number of nitrogens with zero attached hydrogens (tertiary/aromatic N) is 5. The van der Waals surface area contributed by atoms with E-state index in [2.05, 4.69) is 18.0 Å². The number of nitrogens with two attached hydrogens (primary N) is 1. The molecule has 6 rings (SSSR count). The molecule has 0 spiro atoms. The average Bonchev–Trinajstić information content (AvgIpc) is 3.37. The van der Waals surface area contributed by atoms with Crippen molar-refractivity contribution in [3.05, 3.63) is 89.0 Å². The second-order valence-electron chi connectivity index (χ2n) is 11.5. The Kier molecular flexibility index (Phi) is 8.22. The van der Waals surface area contributed by atoms with E-state index in [1.54, 1.807) is 26.3 Å². The summed E-state index contributed by atoms with van der Waals surface area (Å²) in [4.78, 5) is 33.8. The molecule has 2 fully saturated rings. The number of aromatic nitrogens is 3. The Labute approximate surface area is 255 Å². The van der Waals surface area contributed by atoms with E-state index in [-0.39, 0.29) is 34.4 Å². The highest BCUT2D eigenvalue weighted by Crippen LogP contribution is 2.37. The molecule has 0 aliphatic carbocycles. The number of fused-ring (bicyclic) bond motifs is 1. The predicted octanol–water partition coefficient (Wildman–Crippen LogP) is 5.38. The van der Waals surface area contributed by atoms with Crippen LogP contribution in [0.25, 0.3) is 16.7 Å². The number of nitrogen functional groups attached to an aromatic ring is 1. The number of likely N-dealkylation sites (tertiary alicyclic amines) is 1. The number of carbonyl (C=O) groups excluding carboxylic acids is 1. The van der Waals surface area contributed by atoms with Crippen LogP contribution in [0.5, 0.6) is 11.5 Å². The Bertz CT molecular complexity index is 1780. The predicted molar refractivity (Wildman–Crippen MR) is 168 cm³/mol. The molecule has 1 atom stereocenters. The smallest absolute Gasteiger partial charge is 0.334 e. The van der Waals surface area contributed by atoms with Gasteiger partial charge >= 0.3 is 5.69 Å². The Morgan fingerprint density at radius 1 is 1.14 bits per heavy atom. The first kappa shape index (κ1) is 29.2. The summed E-state index contributed by atoms with van der Waals surface area (Å²) in [5.41, 5.74) is 7.83. The number of ether oxygens (including phenoxy) is 2. The molecule has 0 saturated carbocycles. The molecule has 44 heavy (non-hydrogen) atoms. The van der Waals surface area contributed by atoms with Gasteiger partial charge in [-0.2, -0.15) is 5.26 Å². The summed E-state index contributed by atoms with van der Waals surface area (Å²) in [5.74, 6) is 1.30. The molecule has 226 valence electrons. The number of para-hydroxylation sites is 1. The summed E-state index contributed by atoms with van der Waals surface area (Å²) < 4.78 is 14.8. The molecule has 2 saturated heterocycles. The second-order valence-corrected chi connectivity index (χ2v) is 11.5. The van der Waals surface area contributed by atoms with Crippen molar-refractivity contribution in [2.24, 2.45) is 5.41 Å². The first-order chi connectivity index (χ1) is 21.4. The minimum absolute atomic E-state index is 0.162. The van der Waals surface area contributed by atoms with Crippen LogP contribution >= 0.6 is 0 Å². The Balaban J connectivity index is 1.31. The van der Waals surface area contributed by atoms with E-state index >= 15 is 0 Å². The van der Waals surface area contributed by atoms with E-state index < -0.39 is 0 Å². The van der Waals surface area contributed by atoms with Gasteiger partial charge in [-0.15, -0.1) is 0 Å². The summed E-state index contributed by atoms with van der Waals surface area (Å²) in [6, 6.07) is 20.4. The van der Waals surface area contributed by atoms with Crippen molar-refractivity contribution in [2.45, 2.75) is 45.1 Å². The summed E-state index contributed by atoms with van der Waals surface area (Å²) in [7, 11) is 0. The Morgan fingerprint density at radius 3 is 2.57 bits per heavy atom. The number of nitriles is 1. The topological polar surface area (TPSA) is 128 Å². The van der Waals surface area contributed by atoms with Crippen LogP contribution in [-0.2, 0) is 9.53 Å². The van der Waals surface area contributed by atoms with Gasteiger partial charge in [0.1, 0.15) is 34.5 Å². The number of amides is 1. The molecular weight excluding hydrogens is 556 g/mol. The fourth-order valence-electron chi connectivity index (χ4n) is 6.42. The van der Waals surface area contributed by atoms with Crippen LogP contribution in [0.4, 0.5) is 5.82 Å². The highest BCUT2D eigenvalue weighted by molar-refractivity contribution is 5.97. The van der Waals surface area contributed by atoms with Crippen LogP contribution in [0.1, 0.15) is 45.1 Å². The molecule has 10 heteroatoms. The number of pyridine rings is 1. The fraction of sp³-hybridized carbons (Fsp3) is 0.353. The van der Waals surface area contributed by atoms with Gasteiger partial charge in [-0.05, 0) is 80.0 Å². The molecule has 4 aromatic rings. The van der Waals surface area contributed by atoms with Gasteiger partial charge < -0.3 is 20.1 Å².